The van der Waals surface area contributed by atoms with E-state index in [2.05, 4.69) is 27.8 Å². The van der Waals surface area contributed by atoms with E-state index < -0.39 is 5.97 Å². The number of aryl methyl sites for hydroxylation is 1. The van der Waals surface area contributed by atoms with Gasteiger partial charge >= 0.3 is 5.97 Å². The van der Waals surface area contributed by atoms with Crippen molar-refractivity contribution in [1.82, 2.24) is 9.55 Å². The Bertz CT molecular complexity index is 847. The summed E-state index contributed by atoms with van der Waals surface area (Å²) in [6, 6.07) is 10.0. The molecule has 1 N–H and O–H groups in total. The van der Waals surface area contributed by atoms with Crippen molar-refractivity contribution in [3.05, 3.63) is 60.6 Å². The van der Waals surface area contributed by atoms with Crippen LogP contribution in [0.5, 0.6) is 0 Å². The number of pyridine rings is 1. The third kappa shape index (κ3) is 2.56. The van der Waals surface area contributed by atoms with E-state index in [-0.39, 0.29) is 0 Å². The van der Waals surface area contributed by atoms with Crippen LogP contribution in [0, 0.1) is 0 Å². The quantitative estimate of drug-likeness (QED) is 0.748. The van der Waals surface area contributed by atoms with Gasteiger partial charge < -0.3 is 9.67 Å². The molecule has 0 fully saturated rings. The van der Waals surface area contributed by atoms with Crippen molar-refractivity contribution in [3.8, 4) is 11.1 Å². The zero-order valence-electron chi connectivity index (χ0n) is 11.5. The molecule has 0 radical (unpaired) electrons. The van der Waals surface area contributed by atoms with Crippen LogP contribution in [0.2, 0.25) is 0 Å². The standard InChI is InChI=1S/C17H14N2O2/c1-19-9-7-14-10-13(2-4-16(14)19)15-11-18-8-6-12(15)3-5-17(20)21/h2-11H,1H3,(H,20,21). The highest BCUT2D eigenvalue weighted by Gasteiger charge is 2.06. The molecule has 0 saturated carbocycles. The number of aromatic nitrogens is 2. The number of nitrogens with zero attached hydrogens (tertiary/aromatic N) is 2. The Balaban J connectivity index is 2.11. The van der Waals surface area contributed by atoms with Gasteiger partial charge in [0.15, 0.2) is 0 Å². The molecule has 0 aliphatic rings. The largest absolute Gasteiger partial charge is 0.478 e. The van der Waals surface area contributed by atoms with Crippen LogP contribution in [-0.4, -0.2) is 20.6 Å². The summed E-state index contributed by atoms with van der Waals surface area (Å²) >= 11 is 0. The highest BCUT2D eigenvalue weighted by molar-refractivity contribution is 5.90. The second-order valence-electron chi connectivity index (χ2n) is 4.83. The summed E-state index contributed by atoms with van der Waals surface area (Å²) in [4.78, 5) is 14.8. The Labute approximate surface area is 122 Å². The van der Waals surface area contributed by atoms with Gasteiger partial charge in [0.25, 0.3) is 0 Å². The summed E-state index contributed by atoms with van der Waals surface area (Å²) in [5.74, 6) is -0.962. The van der Waals surface area contributed by atoms with Crippen LogP contribution in [0.3, 0.4) is 0 Å². The molecular formula is C17H14N2O2. The van der Waals surface area contributed by atoms with Crippen molar-refractivity contribution in [2.24, 2.45) is 7.05 Å². The molecule has 2 heterocycles. The van der Waals surface area contributed by atoms with Gasteiger partial charge in [-0.15, -0.1) is 0 Å². The van der Waals surface area contributed by atoms with E-state index >= 15 is 0 Å². The van der Waals surface area contributed by atoms with Gasteiger partial charge in [-0.25, -0.2) is 4.79 Å². The molecule has 0 aliphatic carbocycles. The summed E-state index contributed by atoms with van der Waals surface area (Å²) < 4.78 is 2.06. The number of carbonyl (C=O) groups is 1. The molecule has 0 unspecified atom stereocenters. The van der Waals surface area contributed by atoms with Gasteiger partial charge in [0.1, 0.15) is 0 Å². The Morgan fingerprint density at radius 2 is 2.14 bits per heavy atom. The predicted octanol–water partition coefficient (Wildman–Crippen LogP) is 3.34. The highest BCUT2D eigenvalue weighted by Crippen LogP contribution is 2.27. The summed E-state index contributed by atoms with van der Waals surface area (Å²) in [5, 5.41) is 9.92. The number of fused-ring (bicyclic) bond motifs is 1. The van der Waals surface area contributed by atoms with E-state index in [0.717, 1.165) is 33.7 Å². The fourth-order valence-electron chi connectivity index (χ4n) is 2.40. The number of rotatable bonds is 3. The predicted molar refractivity (Wildman–Crippen MR) is 82.8 cm³/mol. The number of benzene rings is 1. The van der Waals surface area contributed by atoms with E-state index in [4.69, 9.17) is 5.11 Å². The van der Waals surface area contributed by atoms with E-state index in [1.165, 1.54) is 0 Å². The molecule has 4 nitrogen and oxygen atoms in total. The minimum absolute atomic E-state index is 0.836. The SMILES string of the molecule is Cn1ccc2cc(-c3cnccc3C=CC(=O)O)ccc21. The van der Waals surface area contributed by atoms with Crippen LogP contribution >= 0.6 is 0 Å². The van der Waals surface area contributed by atoms with Gasteiger partial charge in [0, 0.05) is 48.2 Å². The Morgan fingerprint density at radius 1 is 1.29 bits per heavy atom. The lowest BCUT2D eigenvalue weighted by Gasteiger charge is -2.06. The maximum absolute atomic E-state index is 10.7. The Hall–Kier alpha value is -2.88. The van der Waals surface area contributed by atoms with Crippen molar-refractivity contribution in [3.63, 3.8) is 0 Å². The number of carboxylic acid groups (broad SMARTS) is 1. The first-order valence-corrected chi connectivity index (χ1v) is 6.55. The first kappa shape index (κ1) is 13.1. The molecule has 104 valence electrons. The van der Waals surface area contributed by atoms with Gasteiger partial charge in [-0.2, -0.15) is 0 Å². The summed E-state index contributed by atoms with van der Waals surface area (Å²) in [6.45, 7) is 0. The van der Waals surface area contributed by atoms with Crippen molar-refractivity contribution < 1.29 is 9.90 Å². The van der Waals surface area contributed by atoms with Gasteiger partial charge in [0.05, 0.1) is 0 Å². The van der Waals surface area contributed by atoms with Crippen LogP contribution < -0.4 is 0 Å². The van der Waals surface area contributed by atoms with Crippen LogP contribution in [0.4, 0.5) is 0 Å². The number of aliphatic carboxylic acids is 1. The second-order valence-corrected chi connectivity index (χ2v) is 4.83. The molecule has 0 saturated heterocycles. The molecule has 0 bridgehead atoms. The van der Waals surface area contributed by atoms with Crippen LogP contribution in [-0.2, 0) is 11.8 Å². The van der Waals surface area contributed by atoms with E-state index in [0.29, 0.717) is 0 Å². The smallest absolute Gasteiger partial charge is 0.328 e. The second kappa shape index (κ2) is 5.25. The van der Waals surface area contributed by atoms with Crippen molar-refractivity contribution >= 4 is 22.9 Å². The molecule has 0 amide bonds. The maximum atomic E-state index is 10.7. The van der Waals surface area contributed by atoms with Crippen LogP contribution in [0.25, 0.3) is 28.1 Å². The zero-order valence-corrected chi connectivity index (χ0v) is 11.5. The summed E-state index contributed by atoms with van der Waals surface area (Å²) in [5.41, 5.74) is 3.93. The molecule has 0 aliphatic heterocycles. The van der Waals surface area contributed by atoms with Gasteiger partial charge in [-0.3, -0.25) is 4.98 Å². The monoisotopic (exact) mass is 278 g/mol. The molecule has 0 atom stereocenters. The molecule has 4 heteroatoms. The zero-order chi connectivity index (χ0) is 14.8. The molecule has 0 spiro atoms. The highest BCUT2D eigenvalue weighted by atomic mass is 16.4. The molecular weight excluding hydrogens is 264 g/mol. The number of hydrogen-bond donors (Lipinski definition) is 1. The van der Waals surface area contributed by atoms with Crippen molar-refractivity contribution in [2.45, 2.75) is 0 Å². The average molecular weight is 278 g/mol. The normalized spacial score (nSPS) is 11.3. The van der Waals surface area contributed by atoms with Crippen molar-refractivity contribution in [1.29, 1.82) is 0 Å². The van der Waals surface area contributed by atoms with E-state index in [1.54, 1.807) is 18.5 Å². The first-order chi connectivity index (χ1) is 10.1. The van der Waals surface area contributed by atoms with Crippen LogP contribution in [0.1, 0.15) is 5.56 Å². The molecule has 1 aromatic carbocycles. The lowest BCUT2D eigenvalue weighted by Crippen LogP contribution is -1.89. The maximum Gasteiger partial charge on any atom is 0.328 e. The van der Waals surface area contributed by atoms with E-state index in [9.17, 15) is 4.79 Å². The molecule has 21 heavy (non-hydrogen) atoms. The Morgan fingerprint density at radius 3 is 2.95 bits per heavy atom. The Kier molecular flexibility index (Phi) is 3.28. The third-order valence-electron chi connectivity index (χ3n) is 3.46. The summed E-state index contributed by atoms with van der Waals surface area (Å²) in [7, 11) is 2.01. The van der Waals surface area contributed by atoms with Gasteiger partial charge in [0.2, 0.25) is 0 Å². The minimum Gasteiger partial charge on any atom is -0.478 e. The lowest BCUT2D eigenvalue weighted by molar-refractivity contribution is -0.131. The first-order valence-electron chi connectivity index (χ1n) is 6.55. The molecule has 3 rings (SSSR count). The fourth-order valence-corrected chi connectivity index (χ4v) is 2.40. The topological polar surface area (TPSA) is 55.1 Å². The number of hydrogen-bond acceptors (Lipinski definition) is 2. The molecule has 2 aromatic heterocycles. The van der Waals surface area contributed by atoms with Gasteiger partial charge in [-0.05, 0) is 41.5 Å². The average Bonchev–Trinajstić information content (AvgIpc) is 2.86. The lowest BCUT2D eigenvalue weighted by atomic mass is 10.0. The minimum atomic E-state index is -0.962. The van der Waals surface area contributed by atoms with Crippen LogP contribution in [0.15, 0.2) is 55.0 Å². The third-order valence-corrected chi connectivity index (χ3v) is 3.46. The molecule has 3 aromatic rings. The summed E-state index contributed by atoms with van der Waals surface area (Å²) in [6.07, 6.45) is 8.16. The van der Waals surface area contributed by atoms with Crippen molar-refractivity contribution in [2.75, 3.05) is 0 Å². The number of carboxylic acids is 1. The van der Waals surface area contributed by atoms with E-state index in [1.807, 2.05) is 25.4 Å². The van der Waals surface area contributed by atoms with Gasteiger partial charge in [-0.1, -0.05) is 6.07 Å². The fraction of sp³-hybridized carbons (Fsp3) is 0.0588.